The lowest BCUT2D eigenvalue weighted by molar-refractivity contribution is 0.598. The Balaban J connectivity index is 2.41. The third-order valence-corrected chi connectivity index (χ3v) is 4.54. The van der Waals surface area contributed by atoms with Crippen molar-refractivity contribution in [1.82, 2.24) is 5.32 Å². The van der Waals surface area contributed by atoms with Crippen molar-refractivity contribution in [1.29, 1.82) is 0 Å². The van der Waals surface area contributed by atoms with Gasteiger partial charge in [0.15, 0.2) is 0 Å². The second-order valence-corrected chi connectivity index (χ2v) is 6.18. The van der Waals surface area contributed by atoms with Crippen molar-refractivity contribution >= 4 is 27.5 Å². The Morgan fingerprint density at radius 1 is 1.20 bits per heavy atom. The summed E-state index contributed by atoms with van der Waals surface area (Å²) < 4.78 is 1.13. The van der Waals surface area contributed by atoms with Crippen LogP contribution in [0.5, 0.6) is 0 Å². The number of benzene rings is 2. The van der Waals surface area contributed by atoms with Gasteiger partial charge in [-0.2, -0.15) is 0 Å². The molecule has 1 nitrogen and oxygen atoms in total. The molecule has 1 atom stereocenters. The molecule has 2 aromatic carbocycles. The predicted molar refractivity (Wildman–Crippen MR) is 90.5 cm³/mol. The molecule has 2 aromatic rings. The molecule has 1 unspecified atom stereocenters. The Bertz CT molecular complexity index is 583. The van der Waals surface area contributed by atoms with E-state index in [2.05, 4.69) is 59.4 Å². The Morgan fingerprint density at radius 2 is 1.95 bits per heavy atom. The maximum Gasteiger partial charge on any atom is 0.0591 e. The minimum Gasteiger partial charge on any atom is -0.306 e. The highest BCUT2D eigenvalue weighted by Gasteiger charge is 2.16. The third kappa shape index (κ3) is 3.63. The van der Waals surface area contributed by atoms with Gasteiger partial charge in [0.25, 0.3) is 0 Å². The van der Waals surface area contributed by atoms with Crippen LogP contribution in [0.25, 0.3) is 0 Å². The van der Waals surface area contributed by atoms with Gasteiger partial charge in [0.2, 0.25) is 0 Å². The molecule has 0 fully saturated rings. The van der Waals surface area contributed by atoms with Gasteiger partial charge in [-0.3, -0.25) is 0 Å². The summed E-state index contributed by atoms with van der Waals surface area (Å²) in [5.41, 5.74) is 3.59. The molecule has 0 aromatic heterocycles. The van der Waals surface area contributed by atoms with Gasteiger partial charge in [0, 0.05) is 9.50 Å². The first-order valence-corrected chi connectivity index (χ1v) is 8.04. The fourth-order valence-corrected chi connectivity index (χ4v) is 2.84. The zero-order chi connectivity index (χ0) is 14.5. The summed E-state index contributed by atoms with van der Waals surface area (Å²) in [7, 11) is 0. The van der Waals surface area contributed by atoms with Crippen LogP contribution >= 0.6 is 27.5 Å². The van der Waals surface area contributed by atoms with Crippen molar-refractivity contribution in [2.24, 2.45) is 0 Å². The number of aryl methyl sites for hydroxylation is 1. The average Bonchev–Trinajstić information content (AvgIpc) is 2.44. The second-order valence-electron chi connectivity index (χ2n) is 4.92. The Hall–Kier alpha value is -0.830. The summed E-state index contributed by atoms with van der Waals surface area (Å²) in [5.74, 6) is 0. The fraction of sp³-hybridized carbons (Fsp3) is 0.294. The lowest BCUT2D eigenvalue weighted by atomic mass is 9.97. The van der Waals surface area contributed by atoms with E-state index in [1.54, 1.807) is 0 Å². The summed E-state index contributed by atoms with van der Waals surface area (Å²) in [6.45, 7) is 5.22. The second kappa shape index (κ2) is 7.26. The molecular weight excluding hydrogens is 334 g/mol. The van der Waals surface area contributed by atoms with Gasteiger partial charge in [-0.25, -0.2) is 0 Å². The Kier molecular flexibility index (Phi) is 5.64. The highest BCUT2D eigenvalue weighted by Crippen LogP contribution is 2.30. The van der Waals surface area contributed by atoms with E-state index in [4.69, 9.17) is 11.6 Å². The molecule has 1 N–H and O–H groups in total. The molecule has 20 heavy (non-hydrogen) atoms. The van der Waals surface area contributed by atoms with E-state index in [9.17, 15) is 0 Å². The number of hydrogen-bond donors (Lipinski definition) is 1. The van der Waals surface area contributed by atoms with Gasteiger partial charge < -0.3 is 5.32 Å². The van der Waals surface area contributed by atoms with Crippen molar-refractivity contribution in [2.45, 2.75) is 26.3 Å². The zero-order valence-corrected chi connectivity index (χ0v) is 14.1. The van der Waals surface area contributed by atoms with Gasteiger partial charge >= 0.3 is 0 Å². The lowest BCUT2D eigenvalue weighted by Gasteiger charge is -2.21. The monoisotopic (exact) mass is 351 g/mol. The van der Waals surface area contributed by atoms with Crippen LogP contribution in [-0.2, 0) is 0 Å². The molecule has 0 radical (unpaired) electrons. The van der Waals surface area contributed by atoms with E-state index >= 15 is 0 Å². The molecule has 0 aliphatic heterocycles. The van der Waals surface area contributed by atoms with E-state index in [0.29, 0.717) is 0 Å². The van der Waals surface area contributed by atoms with Crippen molar-refractivity contribution < 1.29 is 0 Å². The summed E-state index contributed by atoms with van der Waals surface area (Å²) in [6.07, 6.45) is 1.09. The summed E-state index contributed by atoms with van der Waals surface area (Å²) in [4.78, 5) is 0. The SMILES string of the molecule is CCCNC(c1ccc(C)c(Br)c1)c1ccccc1Cl. The molecule has 0 saturated carbocycles. The van der Waals surface area contributed by atoms with Gasteiger partial charge in [-0.1, -0.05) is 64.8 Å². The van der Waals surface area contributed by atoms with E-state index in [1.807, 2.05) is 18.2 Å². The Morgan fingerprint density at radius 3 is 2.60 bits per heavy atom. The van der Waals surface area contributed by atoms with Gasteiger partial charge in [-0.15, -0.1) is 0 Å². The normalized spacial score (nSPS) is 12.4. The summed E-state index contributed by atoms with van der Waals surface area (Å²) in [6, 6.07) is 14.6. The topological polar surface area (TPSA) is 12.0 Å². The van der Waals surface area contributed by atoms with Crippen LogP contribution in [0.2, 0.25) is 5.02 Å². The van der Waals surface area contributed by atoms with Crippen molar-refractivity contribution in [3.05, 3.63) is 68.7 Å². The molecule has 0 aliphatic carbocycles. The van der Waals surface area contributed by atoms with Crippen LogP contribution in [0, 0.1) is 6.92 Å². The first kappa shape index (κ1) is 15.6. The predicted octanol–water partition coefficient (Wildman–Crippen LogP) is 5.50. The third-order valence-electron chi connectivity index (χ3n) is 3.34. The largest absolute Gasteiger partial charge is 0.306 e. The van der Waals surface area contributed by atoms with Crippen molar-refractivity contribution in [3.63, 3.8) is 0 Å². The number of rotatable bonds is 5. The minimum atomic E-state index is 0.126. The number of nitrogens with one attached hydrogen (secondary N) is 1. The molecule has 106 valence electrons. The molecular formula is C17H19BrClN. The molecule has 0 bridgehead atoms. The van der Waals surface area contributed by atoms with Gasteiger partial charge in [-0.05, 0) is 48.7 Å². The first-order valence-electron chi connectivity index (χ1n) is 6.87. The van der Waals surface area contributed by atoms with Crippen LogP contribution in [0.4, 0.5) is 0 Å². The van der Waals surface area contributed by atoms with E-state index in [-0.39, 0.29) is 6.04 Å². The van der Waals surface area contributed by atoms with Crippen LogP contribution in [0.3, 0.4) is 0 Å². The molecule has 3 heteroatoms. The fourth-order valence-electron chi connectivity index (χ4n) is 2.19. The Labute approximate surface area is 134 Å². The maximum atomic E-state index is 6.37. The molecule has 0 spiro atoms. The van der Waals surface area contributed by atoms with Crippen molar-refractivity contribution in [3.8, 4) is 0 Å². The minimum absolute atomic E-state index is 0.126. The van der Waals surface area contributed by atoms with Crippen LogP contribution in [0.1, 0.15) is 36.1 Å². The van der Waals surface area contributed by atoms with Crippen LogP contribution in [-0.4, -0.2) is 6.54 Å². The highest BCUT2D eigenvalue weighted by molar-refractivity contribution is 9.10. The first-order chi connectivity index (χ1) is 9.63. The lowest BCUT2D eigenvalue weighted by Crippen LogP contribution is -2.23. The number of hydrogen-bond acceptors (Lipinski definition) is 1. The molecule has 0 aliphatic rings. The summed E-state index contributed by atoms with van der Waals surface area (Å²) >= 11 is 9.98. The van der Waals surface area contributed by atoms with Crippen LogP contribution < -0.4 is 5.32 Å². The quantitative estimate of drug-likeness (QED) is 0.749. The highest BCUT2D eigenvalue weighted by atomic mass is 79.9. The maximum absolute atomic E-state index is 6.37. The standard InChI is InChI=1S/C17H19BrClN/c1-3-10-20-17(14-6-4-5-7-16(14)19)13-9-8-12(2)15(18)11-13/h4-9,11,17,20H,3,10H2,1-2H3. The van der Waals surface area contributed by atoms with E-state index < -0.39 is 0 Å². The number of halogens is 2. The van der Waals surface area contributed by atoms with E-state index in [1.165, 1.54) is 11.1 Å². The van der Waals surface area contributed by atoms with Crippen LogP contribution in [0.15, 0.2) is 46.9 Å². The molecule has 0 amide bonds. The average molecular weight is 353 g/mol. The molecule has 2 rings (SSSR count). The smallest absolute Gasteiger partial charge is 0.0591 e. The summed E-state index contributed by atoms with van der Waals surface area (Å²) in [5, 5.41) is 4.39. The molecule has 0 heterocycles. The van der Waals surface area contributed by atoms with Gasteiger partial charge in [0.1, 0.15) is 0 Å². The van der Waals surface area contributed by atoms with Gasteiger partial charge in [0.05, 0.1) is 6.04 Å². The van der Waals surface area contributed by atoms with Crippen molar-refractivity contribution in [2.75, 3.05) is 6.54 Å². The van der Waals surface area contributed by atoms with E-state index in [0.717, 1.165) is 28.0 Å². The zero-order valence-electron chi connectivity index (χ0n) is 11.8. The molecule has 0 saturated heterocycles.